The van der Waals surface area contributed by atoms with Gasteiger partial charge in [0, 0.05) is 12.5 Å². The highest BCUT2D eigenvalue weighted by Gasteiger charge is 2.26. The number of amides is 1. The average Bonchev–Trinajstić information content (AvgIpc) is 2.67. The van der Waals surface area contributed by atoms with Crippen LogP contribution in [0.15, 0.2) is 48.5 Å². The summed E-state index contributed by atoms with van der Waals surface area (Å²) in [7, 11) is 0. The first kappa shape index (κ1) is 19.6. The number of rotatable bonds is 6. The predicted molar refractivity (Wildman–Crippen MR) is 112 cm³/mol. The molecule has 3 heteroatoms. The van der Waals surface area contributed by atoms with Crippen molar-refractivity contribution in [1.82, 2.24) is 10.2 Å². The molecule has 2 aromatic carbocycles. The number of aryl methyl sites for hydroxylation is 2. The van der Waals surface area contributed by atoms with E-state index in [9.17, 15) is 4.79 Å². The van der Waals surface area contributed by atoms with E-state index in [0.29, 0.717) is 0 Å². The molecular weight excluding hydrogens is 332 g/mol. The topological polar surface area (TPSA) is 32.3 Å². The zero-order chi connectivity index (χ0) is 19.2. The first-order valence-electron chi connectivity index (χ1n) is 10.2. The fourth-order valence-corrected chi connectivity index (χ4v) is 3.93. The molecule has 0 aliphatic carbocycles. The van der Waals surface area contributed by atoms with Crippen LogP contribution in [-0.2, 0) is 11.3 Å². The Bertz CT molecular complexity index is 745. The molecule has 0 radical (unpaired) electrons. The largest absolute Gasteiger partial charge is 0.349 e. The van der Waals surface area contributed by atoms with Gasteiger partial charge in [-0.05, 0) is 57.3 Å². The van der Waals surface area contributed by atoms with Gasteiger partial charge in [-0.15, -0.1) is 0 Å². The lowest BCUT2D eigenvalue weighted by atomic mass is 9.94. The van der Waals surface area contributed by atoms with Gasteiger partial charge in [-0.25, -0.2) is 0 Å². The summed E-state index contributed by atoms with van der Waals surface area (Å²) in [6.07, 6.45) is 2.81. The van der Waals surface area contributed by atoms with E-state index in [1.165, 1.54) is 22.3 Å². The number of hydrogen-bond acceptors (Lipinski definition) is 2. The standard InChI is InChI=1S/C24H32N2O/c1-4-23(21-10-8-18(2)9-11-21)25-24(27)22-12-14-26(15-13-22)17-20-7-5-6-19(3)16-20/h5-11,16,22-23H,4,12-15,17H2,1-3H3,(H,25,27). The summed E-state index contributed by atoms with van der Waals surface area (Å²) in [4.78, 5) is 15.3. The van der Waals surface area contributed by atoms with E-state index in [1.54, 1.807) is 0 Å². The molecule has 1 aliphatic rings. The number of nitrogens with zero attached hydrogens (tertiary/aromatic N) is 1. The van der Waals surface area contributed by atoms with Gasteiger partial charge < -0.3 is 5.32 Å². The van der Waals surface area contributed by atoms with Crippen molar-refractivity contribution in [1.29, 1.82) is 0 Å². The number of likely N-dealkylation sites (tertiary alicyclic amines) is 1. The Morgan fingerprint density at radius 3 is 2.41 bits per heavy atom. The third-order valence-corrected chi connectivity index (χ3v) is 5.65. The van der Waals surface area contributed by atoms with Crippen LogP contribution in [-0.4, -0.2) is 23.9 Å². The lowest BCUT2D eigenvalue weighted by Gasteiger charge is -2.32. The fourth-order valence-electron chi connectivity index (χ4n) is 3.93. The maximum absolute atomic E-state index is 12.8. The number of piperidine rings is 1. The Balaban J connectivity index is 1.51. The van der Waals surface area contributed by atoms with Crippen LogP contribution in [0.25, 0.3) is 0 Å². The molecule has 144 valence electrons. The van der Waals surface area contributed by atoms with Gasteiger partial charge in [-0.3, -0.25) is 9.69 Å². The van der Waals surface area contributed by atoms with Crippen molar-refractivity contribution in [2.24, 2.45) is 5.92 Å². The lowest BCUT2D eigenvalue weighted by molar-refractivity contribution is -0.127. The van der Waals surface area contributed by atoms with Gasteiger partial charge in [0.2, 0.25) is 5.91 Å². The highest BCUT2D eigenvalue weighted by Crippen LogP contribution is 2.23. The quantitative estimate of drug-likeness (QED) is 0.800. The molecule has 2 aromatic rings. The number of carbonyl (C=O) groups excluding carboxylic acids is 1. The summed E-state index contributed by atoms with van der Waals surface area (Å²) in [5, 5.41) is 3.29. The molecule has 0 aromatic heterocycles. The molecule has 1 aliphatic heterocycles. The summed E-state index contributed by atoms with van der Waals surface area (Å²) in [5.41, 5.74) is 5.13. The second kappa shape index (κ2) is 9.18. The maximum atomic E-state index is 12.8. The smallest absolute Gasteiger partial charge is 0.223 e. The third-order valence-electron chi connectivity index (χ3n) is 5.65. The zero-order valence-corrected chi connectivity index (χ0v) is 16.9. The van der Waals surface area contributed by atoms with Gasteiger partial charge in [0.15, 0.2) is 0 Å². The molecule has 1 atom stereocenters. The van der Waals surface area contributed by atoms with Gasteiger partial charge in [-0.2, -0.15) is 0 Å². The van der Waals surface area contributed by atoms with E-state index in [2.05, 4.69) is 79.5 Å². The molecule has 27 heavy (non-hydrogen) atoms. The number of hydrogen-bond donors (Lipinski definition) is 1. The van der Waals surface area contributed by atoms with Crippen molar-refractivity contribution in [3.05, 3.63) is 70.8 Å². The minimum Gasteiger partial charge on any atom is -0.349 e. The van der Waals surface area contributed by atoms with E-state index in [1.807, 2.05) is 0 Å². The van der Waals surface area contributed by atoms with Gasteiger partial charge in [0.05, 0.1) is 6.04 Å². The molecule has 0 bridgehead atoms. The highest BCUT2D eigenvalue weighted by atomic mass is 16.1. The van der Waals surface area contributed by atoms with Crippen LogP contribution in [0.5, 0.6) is 0 Å². The monoisotopic (exact) mass is 364 g/mol. The van der Waals surface area contributed by atoms with Crippen molar-refractivity contribution < 1.29 is 4.79 Å². The Labute approximate surface area is 163 Å². The van der Waals surface area contributed by atoms with Crippen molar-refractivity contribution in [3.8, 4) is 0 Å². The van der Waals surface area contributed by atoms with E-state index in [0.717, 1.165) is 38.9 Å². The SMILES string of the molecule is CCC(NC(=O)C1CCN(Cc2cccc(C)c2)CC1)c1ccc(C)cc1. The van der Waals surface area contributed by atoms with Crippen molar-refractivity contribution in [2.75, 3.05) is 13.1 Å². The molecule has 1 unspecified atom stereocenters. The van der Waals surface area contributed by atoms with Crippen LogP contribution < -0.4 is 5.32 Å². The van der Waals surface area contributed by atoms with Crippen LogP contribution in [0.1, 0.15) is 54.5 Å². The van der Waals surface area contributed by atoms with Crippen LogP contribution in [0.2, 0.25) is 0 Å². The Kier molecular flexibility index (Phi) is 6.68. The number of nitrogens with one attached hydrogen (secondary N) is 1. The zero-order valence-electron chi connectivity index (χ0n) is 16.9. The summed E-state index contributed by atoms with van der Waals surface area (Å²) < 4.78 is 0. The van der Waals surface area contributed by atoms with E-state index in [4.69, 9.17) is 0 Å². The molecule has 0 spiro atoms. The molecule has 1 amide bonds. The Morgan fingerprint density at radius 1 is 1.07 bits per heavy atom. The molecule has 3 nitrogen and oxygen atoms in total. The van der Waals surface area contributed by atoms with Gasteiger partial charge in [0.1, 0.15) is 0 Å². The van der Waals surface area contributed by atoms with Crippen molar-refractivity contribution in [3.63, 3.8) is 0 Å². The third kappa shape index (κ3) is 5.43. The molecular formula is C24H32N2O. The molecule has 1 fully saturated rings. The summed E-state index contributed by atoms with van der Waals surface area (Å²) >= 11 is 0. The minimum atomic E-state index is 0.114. The van der Waals surface area contributed by atoms with E-state index < -0.39 is 0 Å². The highest BCUT2D eigenvalue weighted by molar-refractivity contribution is 5.79. The van der Waals surface area contributed by atoms with Crippen molar-refractivity contribution in [2.45, 2.75) is 52.6 Å². The summed E-state index contributed by atoms with van der Waals surface area (Å²) in [6.45, 7) is 9.33. The first-order chi connectivity index (χ1) is 13.0. The minimum absolute atomic E-state index is 0.114. The average molecular weight is 365 g/mol. The fraction of sp³-hybridized carbons (Fsp3) is 0.458. The maximum Gasteiger partial charge on any atom is 0.223 e. The van der Waals surface area contributed by atoms with Crippen LogP contribution in [0, 0.1) is 19.8 Å². The molecule has 1 N–H and O–H groups in total. The Hall–Kier alpha value is -2.13. The normalized spacial score (nSPS) is 16.9. The Morgan fingerprint density at radius 2 is 1.78 bits per heavy atom. The second-order valence-electron chi connectivity index (χ2n) is 7.92. The molecule has 1 heterocycles. The van der Waals surface area contributed by atoms with Crippen LogP contribution in [0.3, 0.4) is 0 Å². The van der Waals surface area contributed by atoms with Gasteiger partial charge in [-0.1, -0.05) is 66.6 Å². The van der Waals surface area contributed by atoms with Gasteiger partial charge in [0.25, 0.3) is 0 Å². The molecule has 3 rings (SSSR count). The molecule has 0 saturated carbocycles. The number of carbonyl (C=O) groups is 1. The van der Waals surface area contributed by atoms with Crippen LogP contribution in [0.4, 0.5) is 0 Å². The molecule has 1 saturated heterocycles. The lowest BCUT2D eigenvalue weighted by Crippen LogP contribution is -2.41. The first-order valence-corrected chi connectivity index (χ1v) is 10.2. The number of benzene rings is 2. The van der Waals surface area contributed by atoms with E-state index >= 15 is 0 Å². The predicted octanol–water partition coefficient (Wildman–Crippen LogP) is 4.78. The summed E-state index contributed by atoms with van der Waals surface area (Å²) in [5.74, 6) is 0.357. The van der Waals surface area contributed by atoms with Crippen molar-refractivity contribution >= 4 is 5.91 Å². The van der Waals surface area contributed by atoms with Crippen LogP contribution >= 0.6 is 0 Å². The van der Waals surface area contributed by atoms with E-state index in [-0.39, 0.29) is 17.9 Å². The summed E-state index contributed by atoms with van der Waals surface area (Å²) in [6, 6.07) is 17.3. The second-order valence-corrected chi connectivity index (χ2v) is 7.92. The van der Waals surface area contributed by atoms with Gasteiger partial charge >= 0.3 is 0 Å².